The molecule has 1 aromatic rings. The van der Waals surface area contributed by atoms with Crippen molar-refractivity contribution in [2.75, 3.05) is 13.1 Å². The average molecular weight is 380 g/mol. The first kappa shape index (κ1) is 18.8. The molecule has 2 N–H and O–H groups in total. The molecule has 3 rings (SSSR count). The molecule has 2 fully saturated rings. The van der Waals surface area contributed by atoms with Crippen LogP contribution in [0.25, 0.3) is 0 Å². The highest BCUT2D eigenvalue weighted by Gasteiger charge is 2.37. The molecule has 2 aliphatic rings. The smallest absolute Gasteiger partial charge is 0.326 e. The van der Waals surface area contributed by atoms with Crippen molar-refractivity contribution in [1.29, 1.82) is 0 Å². The minimum absolute atomic E-state index is 0.0165. The van der Waals surface area contributed by atoms with Crippen LogP contribution < -0.4 is 5.32 Å². The van der Waals surface area contributed by atoms with Crippen molar-refractivity contribution in [3.63, 3.8) is 0 Å². The maximum absolute atomic E-state index is 12.7. The van der Waals surface area contributed by atoms with Crippen molar-refractivity contribution < 1.29 is 23.1 Å². The Balaban J connectivity index is 1.71. The standard InChI is InChI=1S/C18H24N2O5S/c1-12-3-2-10-20(11-12)26(24,25)15-8-6-14(7-9-15)17(21)19-16(18(22)23)13-4-5-13/h6-9,12-13,16H,2-5,10-11H2,1H3,(H,19,21)(H,22,23). The number of amides is 1. The van der Waals surface area contributed by atoms with Gasteiger partial charge in [-0.25, -0.2) is 13.2 Å². The summed E-state index contributed by atoms with van der Waals surface area (Å²) in [5, 5.41) is 11.7. The van der Waals surface area contributed by atoms with Crippen LogP contribution in [0.3, 0.4) is 0 Å². The minimum Gasteiger partial charge on any atom is -0.480 e. The molecule has 1 heterocycles. The molecule has 7 nitrogen and oxygen atoms in total. The molecule has 1 aromatic carbocycles. The second-order valence-electron chi connectivity index (χ2n) is 7.26. The number of carbonyl (C=O) groups is 2. The summed E-state index contributed by atoms with van der Waals surface area (Å²) in [7, 11) is -3.57. The summed E-state index contributed by atoms with van der Waals surface area (Å²) in [4.78, 5) is 23.7. The highest BCUT2D eigenvalue weighted by molar-refractivity contribution is 7.89. The van der Waals surface area contributed by atoms with E-state index in [1.54, 1.807) is 0 Å². The summed E-state index contributed by atoms with van der Waals surface area (Å²) < 4.78 is 26.9. The largest absolute Gasteiger partial charge is 0.480 e. The highest BCUT2D eigenvalue weighted by Crippen LogP contribution is 2.33. The number of carboxylic acid groups (broad SMARTS) is 1. The first-order valence-electron chi connectivity index (χ1n) is 8.93. The number of nitrogens with zero attached hydrogens (tertiary/aromatic N) is 1. The number of nitrogens with one attached hydrogen (secondary N) is 1. The fourth-order valence-electron chi connectivity index (χ4n) is 3.33. The average Bonchev–Trinajstić information content (AvgIpc) is 3.44. The van der Waals surface area contributed by atoms with Crippen LogP contribution in [-0.2, 0) is 14.8 Å². The lowest BCUT2D eigenvalue weighted by atomic mass is 10.0. The zero-order valence-corrected chi connectivity index (χ0v) is 15.5. The summed E-state index contributed by atoms with van der Waals surface area (Å²) in [6, 6.07) is 4.80. The number of piperidine rings is 1. The second-order valence-corrected chi connectivity index (χ2v) is 9.20. The number of carbonyl (C=O) groups excluding carboxylic acids is 1. The minimum atomic E-state index is -3.57. The first-order chi connectivity index (χ1) is 12.3. The molecule has 1 saturated carbocycles. The van der Waals surface area contributed by atoms with Gasteiger partial charge >= 0.3 is 5.97 Å². The van der Waals surface area contributed by atoms with Gasteiger partial charge in [0, 0.05) is 18.7 Å². The van der Waals surface area contributed by atoms with Gasteiger partial charge in [-0.2, -0.15) is 4.31 Å². The number of carboxylic acids is 1. The van der Waals surface area contributed by atoms with Crippen LogP contribution in [0.2, 0.25) is 0 Å². The van der Waals surface area contributed by atoms with Gasteiger partial charge in [0.15, 0.2) is 0 Å². The van der Waals surface area contributed by atoms with E-state index in [1.807, 2.05) is 6.92 Å². The Morgan fingerprint density at radius 2 is 1.85 bits per heavy atom. The normalized spacial score (nSPS) is 22.6. The van der Waals surface area contributed by atoms with Gasteiger partial charge in [0.1, 0.15) is 6.04 Å². The van der Waals surface area contributed by atoms with Crippen LogP contribution in [0.15, 0.2) is 29.2 Å². The van der Waals surface area contributed by atoms with Gasteiger partial charge in [-0.1, -0.05) is 6.92 Å². The molecule has 142 valence electrons. The van der Waals surface area contributed by atoms with Crippen molar-refractivity contribution in [3.05, 3.63) is 29.8 Å². The number of aliphatic carboxylic acids is 1. The van der Waals surface area contributed by atoms with Gasteiger partial charge in [0.2, 0.25) is 10.0 Å². The molecule has 1 aliphatic heterocycles. The Morgan fingerprint density at radius 3 is 2.38 bits per heavy atom. The first-order valence-corrected chi connectivity index (χ1v) is 10.4. The third kappa shape index (κ3) is 4.07. The molecule has 8 heteroatoms. The maximum Gasteiger partial charge on any atom is 0.326 e. The molecule has 0 radical (unpaired) electrons. The van der Waals surface area contributed by atoms with E-state index in [0.717, 1.165) is 25.7 Å². The molecule has 2 atom stereocenters. The molecule has 0 spiro atoms. The molecule has 1 aliphatic carbocycles. The highest BCUT2D eigenvalue weighted by atomic mass is 32.2. The van der Waals surface area contributed by atoms with Crippen molar-refractivity contribution >= 4 is 21.9 Å². The van der Waals surface area contributed by atoms with Crippen LogP contribution >= 0.6 is 0 Å². The van der Waals surface area contributed by atoms with E-state index in [4.69, 9.17) is 0 Å². The van der Waals surface area contributed by atoms with Gasteiger partial charge in [0.05, 0.1) is 4.90 Å². The molecule has 0 bridgehead atoms. The van der Waals surface area contributed by atoms with Crippen molar-refractivity contribution in [3.8, 4) is 0 Å². The monoisotopic (exact) mass is 380 g/mol. The van der Waals surface area contributed by atoms with Gasteiger partial charge in [-0.15, -0.1) is 0 Å². The fourth-order valence-corrected chi connectivity index (χ4v) is 4.93. The lowest BCUT2D eigenvalue weighted by Crippen LogP contribution is -2.42. The molecule has 0 aromatic heterocycles. The van der Waals surface area contributed by atoms with E-state index in [-0.39, 0.29) is 16.4 Å². The van der Waals surface area contributed by atoms with E-state index in [0.29, 0.717) is 19.0 Å². The molecular formula is C18H24N2O5S. The molecular weight excluding hydrogens is 356 g/mol. The summed E-state index contributed by atoms with van der Waals surface area (Å²) in [5.41, 5.74) is 0.253. The quantitative estimate of drug-likeness (QED) is 0.782. The van der Waals surface area contributed by atoms with Crippen LogP contribution in [0.5, 0.6) is 0 Å². The fraction of sp³-hybridized carbons (Fsp3) is 0.556. The Morgan fingerprint density at radius 1 is 1.19 bits per heavy atom. The van der Waals surface area contributed by atoms with Crippen molar-refractivity contribution in [2.45, 2.75) is 43.5 Å². The van der Waals surface area contributed by atoms with Crippen molar-refractivity contribution in [2.24, 2.45) is 11.8 Å². The predicted octanol–water partition coefficient (Wildman–Crippen LogP) is 1.70. The number of hydrogen-bond donors (Lipinski definition) is 2. The van der Waals surface area contributed by atoms with Gasteiger partial charge in [-0.05, 0) is 61.8 Å². The number of sulfonamides is 1. The van der Waals surface area contributed by atoms with Crippen LogP contribution in [0.4, 0.5) is 0 Å². The van der Waals surface area contributed by atoms with Crippen LogP contribution in [0.1, 0.15) is 43.0 Å². The summed E-state index contributed by atoms with van der Waals surface area (Å²) in [6.45, 7) is 3.05. The molecule has 1 saturated heterocycles. The second kappa shape index (κ2) is 7.36. The van der Waals surface area contributed by atoms with Gasteiger partial charge in [0.25, 0.3) is 5.91 Å². The SMILES string of the molecule is CC1CCCN(S(=O)(=O)c2ccc(C(=O)NC(C(=O)O)C3CC3)cc2)C1. The zero-order chi connectivity index (χ0) is 18.9. The third-order valence-corrected chi connectivity index (χ3v) is 6.90. The lowest BCUT2D eigenvalue weighted by molar-refractivity contribution is -0.139. The van der Waals surface area contributed by atoms with Gasteiger partial charge in [-0.3, -0.25) is 4.79 Å². The summed E-state index contributed by atoms with van der Waals surface area (Å²) in [5.74, 6) is -1.23. The Bertz CT molecular complexity index is 786. The van der Waals surface area contributed by atoms with E-state index in [9.17, 15) is 23.1 Å². The molecule has 26 heavy (non-hydrogen) atoms. The zero-order valence-electron chi connectivity index (χ0n) is 14.7. The topological polar surface area (TPSA) is 104 Å². The number of rotatable bonds is 6. The number of hydrogen-bond acceptors (Lipinski definition) is 4. The molecule has 2 unspecified atom stereocenters. The predicted molar refractivity (Wildman–Crippen MR) is 95.2 cm³/mol. The van der Waals surface area contributed by atoms with E-state index in [1.165, 1.54) is 28.6 Å². The molecule has 1 amide bonds. The van der Waals surface area contributed by atoms with Crippen molar-refractivity contribution in [1.82, 2.24) is 9.62 Å². The summed E-state index contributed by atoms with van der Waals surface area (Å²) >= 11 is 0. The van der Waals surface area contributed by atoms with Gasteiger partial charge < -0.3 is 10.4 Å². The Hall–Kier alpha value is -1.93. The van der Waals surface area contributed by atoms with E-state index in [2.05, 4.69) is 5.32 Å². The van der Waals surface area contributed by atoms with Crippen LogP contribution in [-0.4, -0.2) is 48.8 Å². The lowest BCUT2D eigenvalue weighted by Gasteiger charge is -2.30. The third-order valence-electron chi connectivity index (χ3n) is 5.02. The Kier molecular flexibility index (Phi) is 5.34. The summed E-state index contributed by atoms with van der Waals surface area (Å²) in [6.07, 6.45) is 3.46. The van der Waals surface area contributed by atoms with E-state index < -0.39 is 27.9 Å². The Labute approximate surface area is 153 Å². The number of benzene rings is 1. The van der Waals surface area contributed by atoms with Crippen LogP contribution in [0, 0.1) is 11.8 Å². The van der Waals surface area contributed by atoms with E-state index >= 15 is 0 Å². The maximum atomic E-state index is 12.7.